The van der Waals surface area contributed by atoms with Crippen molar-refractivity contribution in [1.29, 1.82) is 0 Å². The Balaban J connectivity index is 1.14. The van der Waals surface area contributed by atoms with Crippen LogP contribution in [-0.4, -0.2) is 43.9 Å². The van der Waals surface area contributed by atoms with Gasteiger partial charge in [-0.1, -0.05) is 88.7 Å². The Bertz CT molecular complexity index is 991. The summed E-state index contributed by atoms with van der Waals surface area (Å²) in [7, 11) is 0. The summed E-state index contributed by atoms with van der Waals surface area (Å²) in [4.78, 5) is 2.56. The van der Waals surface area contributed by atoms with Gasteiger partial charge >= 0.3 is 0 Å². The second-order valence-electron chi connectivity index (χ2n) is 9.44. The van der Waals surface area contributed by atoms with Crippen LogP contribution in [0.3, 0.4) is 0 Å². The van der Waals surface area contributed by atoms with Gasteiger partial charge in [0.15, 0.2) is 5.79 Å². The first-order chi connectivity index (χ1) is 17.2. The number of ether oxygens (including phenoxy) is 3. The quantitative estimate of drug-likeness (QED) is 0.305. The molecule has 0 aromatic heterocycles. The maximum Gasteiger partial charge on any atom is 0.195 e. The van der Waals surface area contributed by atoms with Gasteiger partial charge in [0.25, 0.3) is 0 Å². The third-order valence-electron chi connectivity index (χ3n) is 7.09. The minimum atomic E-state index is -0.597. The first-order valence-electron chi connectivity index (χ1n) is 12.7. The molecule has 3 aromatic rings. The molecular formula is C30H34BrNO3. The molecule has 2 aliphatic heterocycles. The number of hydrogen-bond donors (Lipinski definition) is 0. The van der Waals surface area contributed by atoms with Gasteiger partial charge in [-0.05, 0) is 49.1 Å². The van der Waals surface area contributed by atoms with Gasteiger partial charge in [0.2, 0.25) is 0 Å². The molecule has 0 spiro atoms. The van der Waals surface area contributed by atoms with Gasteiger partial charge in [-0.2, -0.15) is 0 Å². The minimum Gasteiger partial charge on any atom is -0.365 e. The summed E-state index contributed by atoms with van der Waals surface area (Å²) in [6.45, 7) is 4.49. The van der Waals surface area contributed by atoms with E-state index >= 15 is 0 Å². The van der Waals surface area contributed by atoms with Crippen LogP contribution >= 0.6 is 15.9 Å². The highest BCUT2D eigenvalue weighted by Crippen LogP contribution is 2.37. The predicted molar refractivity (Wildman–Crippen MR) is 142 cm³/mol. The van der Waals surface area contributed by atoms with E-state index in [1.54, 1.807) is 0 Å². The number of hydrogen-bond acceptors (Lipinski definition) is 4. The van der Waals surface area contributed by atoms with E-state index in [9.17, 15) is 0 Å². The maximum absolute atomic E-state index is 6.71. The fraction of sp³-hybridized carbons (Fsp3) is 0.400. The zero-order chi connectivity index (χ0) is 23.9. The normalized spacial score (nSPS) is 18.8. The Morgan fingerprint density at radius 1 is 0.829 bits per heavy atom. The van der Waals surface area contributed by atoms with Crippen LogP contribution in [0.2, 0.25) is 0 Å². The molecule has 0 atom stereocenters. The lowest BCUT2D eigenvalue weighted by atomic mass is 9.99. The molecule has 0 saturated carbocycles. The van der Waals surface area contributed by atoms with Crippen molar-refractivity contribution in [3.8, 4) is 0 Å². The number of nitrogens with zero attached hydrogens (tertiary/aromatic N) is 1. The van der Waals surface area contributed by atoms with Crippen molar-refractivity contribution in [2.75, 3.05) is 32.8 Å². The third-order valence-corrected chi connectivity index (χ3v) is 7.61. The molecule has 0 amide bonds. The molecule has 2 saturated heterocycles. The molecule has 0 radical (unpaired) electrons. The van der Waals surface area contributed by atoms with Gasteiger partial charge in [0.05, 0.1) is 19.3 Å². The van der Waals surface area contributed by atoms with Gasteiger partial charge in [0.1, 0.15) is 6.10 Å². The number of rotatable bonds is 9. The Morgan fingerprint density at radius 3 is 1.97 bits per heavy atom. The molecule has 5 heteroatoms. The molecule has 35 heavy (non-hydrogen) atoms. The summed E-state index contributed by atoms with van der Waals surface area (Å²) in [5.41, 5.74) is 3.55. The average Bonchev–Trinajstić information content (AvgIpc) is 3.39. The Hall–Kier alpha value is -2.02. The second kappa shape index (κ2) is 11.8. The lowest BCUT2D eigenvalue weighted by molar-refractivity contribution is -0.172. The van der Waals surface area contributed by atoms with Crippen LogP contribution in [0.4, 0.5) is 0 Å². The second-order valence-corrected chi connectivity index (χ2v) is 10.4. The smallest absolute Gasteiger partial charge is 0.195 e. The van der Waals surface area contributed by atoms with Crippen LogP contribution in [0.5, 0.6) is 0 Å². The molecule has 0 unspecified atom stereocenters. The lowest BCUT2D eigenvalue weighted by Gasteiger charge is -2.35. The molecule has 0 aliphatic carbocycles. The van der Waals surface area contributed by atoms with Gasteiger partial charge < -0.3 is 19.1 Å². The summed E-state index contributed by atoms with van der Waals surface area (Å²) in [5.74, 6) is -0.597. The first-order valence-corrected chi connectivity index (χ1v) is 13.5. The highest BCUT2D eigenvalue weighted by molar-refractivity contribution is 9.10. The summed E-state index contributed by atoms with van der Waals surface area (Å²) < 4.78 is 20.0. The summed E-state index contributed by atoms with van der Waals surface area (Å²) in [5, 5.41) is 0. The van der Waals surface area contributed by atoms with Crippen LogP contribution < -0.4 is 0 Å². The van der Waals surface area contributed by atoms with E-state index in [4.69, 9.17) is 14.2 Å². The third kappa shape index (κ3) is 6.22. The standard InChI is InChI=1S/C30H34BrNO3/c31-27-14-12-26(13-15-27)30(33-22-23-34-30)18-7-19-32-20-16-28(17-21-32)35-29(24-8-3-1-4-9-24)25-10-5-2-6-11-25/h1-6,8-15,28-29H,7,16-23H2. The largest absolute Gasteiger partial charge is 0.365 e. The minimum absolute atomic E-state index is 0.0172. The number of halogens is 1. The van der Waals surface area contributed by atoms with Gasteiger partial charge in [0, 0.05) is 29.5 Å². The summed E-state index contributed by atoms with van der Waals surface area (Å²) >= 11 is 3.52. The van der Waals surface area contributed by atoms with Gasteiger partial charge in [-0.3, -0.25) is 0 Å². The van der Waals surface area contributed by atoms with E-state index in [1.165, 1.54) is 11.1 Å². The Labute approximate surface area is 217 Å². The van der Waals surface area contributed by atoms with Crippen molar-refractivity contribution in [3.63, 3.8) is 0 Å². The zero-order valence-corrected chi connectivity index (χ0v) is 21.7. The van der Waals surface area contributed by atoms with E-state index in [0.717, 1.165) is 55.4 Å². The summed E-state index contributed by atoms with van der Waals surface area (Å²) in [6.07, 6.45) is 4.28. The van der Waals surface area contributed by atoms with E-state index in [0.29, 0.717) is 13.2 Å². The average molecular weight is 537 g/mol. The Morgan fingerprint density at radius 2 is 1.40 bits per heavy atom. The number of piperidine rings is 1. The van der Waals surface area contributed by atoms with Crippen LogP contribution in [-0.2, 0) is 20.0 Å². The molecule has 0 N–H and O–H groups in total. The SMILES string of the molecule is Brc1ccc(C2(CCCN3CCC(OC(c4ccccc4)c4ccccc4)CC3)OCCO2)cc1. The monoisotopic (exact) mass is 535 g/mol. The fourth-order valence-electron chi connectivity index (χ4n) is 5.22. The molecule has 2 fully saturated rings. The van der Waals surface area contributed by atoms with Crippen molar-refractivity contribution < 1.29 is 14.2 Å². The molecule has 3 aromatic carbocycles. The highest BCUT2D eigenvalue weighted by atomic mass is 79.9. The molecule has 5 rings (SSSR count). The zero-order valence-electron chi connectivity index (χ0n) is 20.2. The number of likely N-dealkylation sites (tertiary alicyclic amines) is 1. The van der Waals surface area contributed by atoms with Crippen molar-refractivity contribution >= 4 is 15.9 Å². The molecule has 2 heterocycles. The molecule has 2 aliphatic rings. The Kier molecular flexibility index (Phi) is 8.32. The van der Waals surface area contributed by atoms with Crippen molar-refractivity contribution in [2.24, 2.45) is 0 Å². The van der Waals surface area contributed by atoms with Crippen molar-refractivity contribution in [2.45, 2.75) is 43.7 Å². The predicted octanol–water partition coefficient (Wildman–Crippen LogP) is 6.70. The van der Waals surface area contributed by atoms with Crippen molar-refractivity contribution in [1.82, 2.24) is 4.90 Å². The fourth-order valence-corrected chi connectivity index (χ4v) is 5.48. The van der Waals surface area contributed by atoms with Crippen LogP contribution in [0, 0.1) is 0 Å². The first kappa shape index (κ1) is 24.7. The van der Waals surface area contributed by atoms with Crippen LogP contribution in [0.1, 0.15) is 48.5 Å². The number of benzene rings is 3. The topological polar surface area (TPSA) is 30.9 Å². The van der Waals surface area contributed by atoms with E-state index in [2.05, 4.69) is 106 Å². The maximum atomic E-state index is 6.71. The van der Waals surface area contributed by atoms with Crippen LogP contribution in [0.25, 0.3) is 0 Å². The molecule has 4 nitrogen and oxygen atoms in total. The molecule has 184 valence electrons. The van der Waals surface area contributed by atoms with Gasteiger partial charge in [-0.25, -0.2) is 0 Å². The summed E-state index contributed by atoms with van der Waals surface area (Å²) in [6, 6.07) is 29.5. The van der Waals surface area contributed by atoms with E-state index < -0.39 is 5.79 Å². The van der Waals surface area contributed by atoms with E-state index in [-0.39, 0.29) is 12.2 Å². The highest BCUT2D eigenvalue weighted by Gasteiger charge is 2.38. The van der Waals surface area contributed by atoms with Crippen LogP contribution in [0.15, 0.2) is 89.4 Å². The molecular weight excluding hydrogens is 502 g/mol. The van der Waals surface area contributed by atoms with Gasteiger partial charge in [-0.15, -0.1) is 0 Å². The van der Waals surface area contributed by atoms with E-state index in [1.807, 2.05) is 0 Å². The molecule has 0 bridgehead atoms. The van der Waals surface area contributed by atoms with Crippen molar-refractivity contribution in [3.05, 3.63) is 106 Å². The lowest BCUT2D eigenvalue weighted by Crippen LogP contribution is -2.38.